The van der Waals surface area contributed by atoms with E-state index in [1.54, 1.807) is 6.08 Å². The highest BCUT2D eigenvalue weighted by Crippen LogP contribution is 2.01. The number of hydrogen-bond donors (Lipinski definition) is 3. The molecule has 13 heavy (non-hydrogen) atoms. The third kappa shape index (κ3) is 6.36. The molecule has 2 N–H and O–H groups in total. The lowest BCUT2D eigenvalue weighted by atomic mass is 10.2. The first-order chi connectivity index (χ1) is 6.07. The molecule has 0 fully saturated rings. The molecule has 0 aromatic rings. The van der Waals surface area contributed by atoms with Crippen molar-refractivity contribution in [1.82, 2.24) is 5.32 Å². The van der Waals surface area contributed by atoms with Crippen molar-refractivity contribution in [1.29, 1.82) is 0 Å². The van der Waals surface area contributed by atoms with Gasteiger partial charge in [-0.1, -0.05) is 6.08 Å². The smallest absolute Gasteiger partial charge is 0.303 e. The van der Waals surface area contributed by atoms with Crippen LogP contribution in [0, 0.1) is 0 Å². The highest BCUT2D eigenvalue weighted by atomic mass is 32.1. The zero-order chi connectivity index (χ0) is 10.3. The fourth-order valence-corrected chi connectivity index (χ4v) is 1.03. The monoisotopic (exact) mass is 203 g/mol. The summed E-state index contributed by atoms with van der Waals surface area (Å²) < 4.78 is 0. The summed E-state index contributed by atoms with van der Waals surface area (Å²) in [7, 11) is 0. The highest BCUT2D eigenvalue weighted by molar-refractivity contribution is 7.96. The third-order valence-corrected chi connectivity index (χ3v) is 1.77. The lowest BCUT2D eigenvalue weighted by Gasteiger charge is -2.11. The van der Waals surface area contributed by atoms with Crippen LogP contribution in [-0.4, -0.2) is 28.8 Å². The molecule has 0 aliphatic heterocycles. The molecule has 74 valence electrons. The second-order valence-electron chi connectivity index (χ2n) is 2.52. The average Bonchev–Trinajstić information content (AvgIpc) is 2.03. The summed E-state index contributed by atoms with van der Waals surface area (Å²) in [6.07, 6.45) is 1.82. The summed E-state index contributed by atoms with van der Waals surface area (Å²) in [6, 6.07) is -0.502. The van der Waals surface area contributed by atoms with Gasteiger partial charge in [-0.05, 0) is 6.42 Å². The summed E-state index contributed by atoms with van der Waals surface area (Å²) in [5, 5.41) is 10.9. The molecule has 4 nitrogen and oxygen atoms in total. The van der Waals surface area contributed by atoms with Crippen molar-refractivity contribution < 1.29 is 14.7 Å². The Balaban J connectivity index is 3.87. The lowest BCUT2D eigenvalue weighted by Crippen LogP contribution is -2.34. The van der Waals surface area contributed by atoms with Crippen LogP contribution in [0.3, 0.4) is 0 Å². The molecule has 0 heterocycles. The Morgan fingerprint density at radius 1 is 1.62 bits per heavy atom. The van der Waals surface area contributed by atoms with Gasteiger partial charge >= 0.3 is 5.97 Å². The van der Waals surface area contributed by atoms with Crippen LogP contribution in [0.1, 0.15) is 12.8 Å². The summed E-state index contributed by atoms with van der Waals surface area (Å²) in [5.74, 6) is -0.917. The zero-order valence-corrected chi connectivity index (χ0v) is 8.09. The molecule has 0 aliphatic rings. The molecule has 0 saturated carbocycles. The van der Waals surface area contributed by atoms with E-state index in [4.69, 9.17) is 5.11 Å². The van der Waals surface area contributed by atoms with Crippen LogP contribution in [0.5, 0.6) is 0 Å². The number of rotatable bonds is 7. The average molecular weight is 203 g/mol. The van der Waals surface area contributed by atoms with Crippen LogP contribution in [0.4, 0.5) is 0 Å². The molecule has 0 radical (unpaired) electrons. The Labute approximate surface area is 82.4 Å². The van der Waals surface area contributed by atoms with Crippen LogP contribution in [0.2, 0.25) is 0 Å². The predicted octanol–water partition coefficient (Wildman–Crippen LogP) is 0.452. The molecule has 0 rings (SSSR count). The van der Waals surface area contributed by atoms with E-state index in [1.807, 2.05) is 0 Å². The first-order valence-electron chi connectivity index (χ1n) is 3.86. The lowest BCUT2D eigenvalue weighted by molar-refractivity contribution is -0.137. The summed E-state index contributed by atoms with van der Waals surface area (Å²) >= 11 is 3.64. The second-order valence-corrected chi connectivity index (χ2v) is 2.96. The van der Waals surface area contributed by atoms with Gasteiger partial charge in [0.15, 0.2) is 0 Å². The molecule has 0 aromatic heterocycles. The van der Waals surface area contributed by atoms with Gasteiger partial charge in [-0.3, -0.25) is 9.59 Å². The maximum absolute atomic E-state index is 10.8. The molecule has 5 heteroatoms. The number of carboxylic acids is 1. The largest absolute Gasteiger partial charge is 0.481 e. The quantitative estimate of drug-likeness (QED) is 0.415. The SMILES string of the molecule is C=CCN[C@@H](CCC(=O)O)C(=O)S. The minimum atomic E-state index is -0.917. The molecular formula is C8H13NO3S. The van der Waals surface area contributed by atoms with Crippen molar-refractivity contribution in [2.75, 3.05) is 6.54 Å². The van der Waals surface area contributed by atoms with E-state index in [0.717, 1.165) is 0 Å². The van der Waals surface area contributed by atoms with Gasteiger partial charge in [0.1, 0.15) is 0 Å². The Hall–Kier alpha value is -0.810. The summed E-state index contributed by atoms with van der Waals surface area (Å²) in [6.45, 7) is 3.94. The van der Waals surface area contributed by atoms with Crippen molar-refractivity contribution in [2.24, 2.45) is 0 Å². The van der Waals surface area contributed by atoms with Gasteiger partial charge in [-0.15, -0.1) is 19.2 Å². The number of aliphatic carboxylic acids is 1. The van der Waals surface area contributed by atoms with E-state index in [-0.39, 0.29) is 18.0 Å². The minimum Gasteiger partial charge on any atom is -0.481 e. The number of hydrogen-bond acceptors (Lipinski definition) is 3. The minimum absolute atomic E-state index is 0.0406. The van der Waals surface area contributed by atoms with Crippen molar-refractivity contribution in [3.8, 4) is 0 Å². The normalized spacial score (nSPS) is 12.1. The molecule has 0 spiro atoms. The van der Waals surface area contributed by atoms with E-state index < -0.39 is 12.0 Å². The fraction of sp³-hybridized carbons (Fsp3) is 0.500. The molecule has 0 aliphatic carbocycles. The molecule has 0 aromatic carbocycles. The third-order valence-electron chi connectivity index (χ3n) is 1.45. The number of carboxylic acid groups (broad SMARTS) is 1. The van der Waals surface area contributed by atoms with Gasteiger partial charge in [0.2, 0.25) is 5.12 Å². The Bertz CT molecular complexity index is 206. The van der Waals surface area contributed by atoms with Crippen LogP contribution in [0.25, 0.3) is 0 Å². The van der Waals surface area contributed by atoms with Crippen molar-refractivity contribution in [2.45, 2.75) is 18.9 Å². The van der Waals surface area contributed by atoms with Crippen LogP contribution in [0.15, 0.2) is 12.7 Å². The van der Waals surface area contributed by atoms with E-state index >= 15 is 0 Å². The Kier molecular flexibility index (Phi) is 6.26. The van der Waals surface area contributed by atoms with Gasteiger partial charge in [-0.2, -0.15) is 0 Å². The van der Waals surface area contributed by atoms with Crippen molar-refractivity contribution >= 4 is 23.7 Å². The predicted molar refractivity (Wildman–Crippen MR) is 52.9 cm³/mol. The molecule has 0 bridgehead atoms. The van der Waals surface area contributed by atoms with E-state index in [2.05, 4.69) is 24.5 Å². The first kappa shape index (κ1) is 12.2. The van der Waals surface area contributed by atoms with Gasteiger partial charge in [-0.25, -0.2) is 0 Å². The van der Waals surface area contributed by atoms with Crippen LogP contribution >= 0.6 is 12.6 Å². The number of thiol groups is 1. The molecular weight excluding hydrogens is 190 g/mol. The summed E-state index contributed by atoms with van der Waals surface area (Å²) in [4.78, 5) is 21.1. The number of carbonyl (C=O) groups is 2. The fourth-order valence-electron chi connectivity index (χ4n) is 0.806. The maximum atomic E-state index is 10.8. The van der Waals surface area contributed by atoms with Crippen LogP contribution in [-0.2, 0) is 9.59 Å². The van der Waals surface area contributed by atoms with Crippen LogP contribution < -0.4 is 5.32 Å². The Morgan fingerprint density at radius 2 is 2.23 bits per heavy atom. The first-order valence-corrected chi connectivity index (χ1v) is 4.31. The summed E-state index contributed by atoms with van der Waals surface area (Å²) in [5.41, 5.74) is 0. The van der Waals surface area contributed by atoms with E-state index in [0.29, 0.717) is 6.54 Å². The number of nitrogens with one attached hydrogen (secondary N) is 1. The zero-order valence-electron chi connectivity index (χ0n) is 7.19. The molecule has 0 saturated heterocycles. The van der Waals surface area contributed by atoms with E-state index in [9.17, 15) is 9.59 Å². The topological polar surface area (TPSA) is 66.4 Å². The van der Waals surface area contributed by atoms with Gasteiger partial charge in [0, 0.05) is 13.0 Å². The van der Waals surface area contributed by atoms with E-state index in [1.165, 1.54) is 0 Å². The Morgan fingerprint density at radius 3 is 2.62 bits per heavy atom. The second kappa shape index (κ2) is 6.68. The standard InChI is InChI=1S/C8H13NO3S/c1-2-5-9-6(8(12)13)3-4-7(10)11/h2,6,9H,1,3-5H2,(H,10,11)(H,12,13)/t6-/m0/s1. The molecule has 0 amide bonds. The molecule has 1 atom stereocenters. The maximum Gasteiger partial charge on any atom is 0.303 e. The number of carbonyl (C=O) groups excluding carboxylic acids is 1. The van der Waals surface area contributed by atoms with Gasteiger partial charge in [0.25, 0.3) is 0 Å². The van der Waals surface area contributed by atoms with Gasteiger partial charge < -0.3 is 10.4 Å². The highest BCUT2D eigenvalue weighted by Gasteiger charge is 2.14. The molecule has 0 unspecified atom stereocenters. The van der Waals surface area contributed by atoms with Crippen molar-refractivity contribution in [3.63, 3.8) is 0 Å². The van der Waals surface area contributed by atoms with Crippen molar-refractivity contribution in [3.05, 3.63) is 12.7 Å². The van der Waals surface area contributed by atoms with Gasteiger partial charge in [0.05, 0.1) is 6.04 Å².